The second-order valence-electron chi connectivity index (χ2n) is 5.53. The van der Waals surface area contributed by atoms with E-state index >= 15 is 0 Å². The summed E-state index contributed by atoms with van der Waals surface area (Å²) in [5.41, 5.74) is 5.76. The molecule has 1 aromatic heterocycles. The van der Waals surface area contributed by atoms with Crippen LogP contribution in [0.1, 0.15) is 5.56 Å². The molecule has 22 heavy (non-hydrogen) atoms. The van der Waals surface area contributed by atoms with Gasteiger partial charge < -0.3 is 0 Å². The number of rotatable bonds is 2. The molecule has 4 rings (SSSR count). The van der Waals surface area contributed by atoms with Gasteiger partial charge in [0.2, 0.25) is 0 Å². The molecule has 0 saturated heterocycles. The lowest BCUT2D eigenvalue weighted by atomic mass is 10.0. The lowest BCUT2D eigenvalue weighted by molar-refractivity contribution is 0.897. The van der Waals surface area contributed by atoms with Gasteiger partial charge in [0.15, 0.2) is 0 Å². The number of fused-ring (bicyclic) bond motifs is 1. The molecule has 0 aliphatic heterocycles. The normalized spacial score (nSPS) is 11.0. The molecule has 1 heterocycles. The predicted molar refractivity (Wildman–Crippen MR) is 91.2 cm³/mol. The van der Waals surface area contributed by atoms with Crippen molar-refractivity contribution in [2.75, 3.05) is 0 Å². The molecule has 0 bridgehead atoms. The summed E-state index contributed by atoms with van der Waals surface area (Å²) in [6.07, 6.45) is 2.10. The molecule has 0 spiro atoms. The van der Waals surface area contributed by atoms with E-state index in [9.17, 15) is 0 Å². The first kappa shape index (κ1) is 12.8. The standard InChI is InChI=1S/C20H16N2/c1-15-12-17-14-22(18-10-6-3-7-11-18)21-20(17)19(13-15)16-8-4-2-5-9-16/h2-14H,1H3. The molecule has 0 aliphatic rings. The highest BCUT2D eigenvalue weighted by atomic mass is 15.3. The zero-order valence-corrected chi connectivity index (χ0v) is 12.4. The van der Waals surface area contributed by atoms with Gasteiger partial charge in [-0.25, -0.2) is 4.68 Å². The van der Waals surface area contributed by atoms with E-state index in [-0.39, 0.29) is 0 Å². The Labute approximate surface area is 129 Å². The highest BCUT2D eigenvalue weighted by Gasteiger charge is 2.10. The van der Waals surface area contributed by atoms with Crippen LogP contribution in [-0.2, 0) is 0 Å². The van der Waals surface area contributed by atoms with Gasteiger partial charge in [-0.15, -0.1) is 0 Å². The Morgan fingerprint density at radius 3 is 2.23 bits per heavy atom. The van der Waals surface area contributed by atoms with Gasteiger partial charge in [-0.2, -0.15) is 5.10 Å². The topological polar surface area (TPSA) is 17.8 Å². The molecule has 0 saturated carbocycles. The van der Waals surface area contributed by atoms with Gasteiger partial charge >= 0.3 is 0 Å². The molecule has 2 heteroatoms. The van der Waals surface area contributed by atoms with Crippen molar-refractivity contribution in [3.05, 3.63) is 84.6 Å². The number of hydrogen-bond acceptors (Lipinski definition) is 1. The van der Waals surface area contributed by atoms with Crippen molar-refractivity contribution in [1.29, 1.82) is 0 Å². The van der Waals surface area contributed by atoms with Crippen LogP contribution in [0, 0.1) is 6.92 Å². The lowest BCUT2D eigenvalue weighted by Gasteiger charge is -2.04. The van der Waals surface area contributed by atoms with Gasteiger partial charge in [-0.1, -0.05) is 48.5 Å². The van der Waals surface area contributed by atoms with E-state index < -0.39 is 0 Å². The third kappa shape index (κ3) is 2.19. The lowest BCUT2D eigenvalue weighted by Crippen LogP contribution is -1.93. The molecular formula is C20H16N2. The van der Waals surface area contributed by atoms with Crippen molar-refractivity contribution in [3.8, 4) is 16.8 Å². The number of para-hydroxylation sites is 1. The molecule has 0 atom stereocenters. The van der Waals surface area contributed by atoms with E-state index in [1.54, 1.807) is 0 Å². The number of nitrogens with zero attached hydrogens (tertiary/aromatic N) is 2. The Morgan fingerprint density at radius 1 is 0.818 bits per heavy atom. The first-order valence-corrected chi connectivity index (χ1v) is 7.42. The molecule has 0 fully saturated rings. The Hall–Kier alpha value is -2.87. The molecule has 0 radical (unpaired) electrons. The molecule has 4 aromatic rings. The fraction of sp³-hybridized carbons (Fsp3) is 0.0500. The average molecular weight is 284 g/mol. The smallest absolute Gasteiger partial charge is 0.101 e. The van der Waals surface area contributed by atoms with E-state index in [0.717, 1.165) is 11.2 Å². The van der Waals surface area contributed by atoms with Gasteiger partial charge in [0.1, 0.15) is 5.52 Å². The van der Waals surface area contributed by atoms with E-state index in [4.69, 9.17) is 5.10 Å². The van der Waals surface area contributed by atoms with Crippen molar-refractivity contribution in [2.45, 2.75) is 6.92 Å². The van der Waals surface area contributed by atoms with Crippen LogP contribution in [0.2, 0.25) is 0 Å². The van der Waals surface area contributed by atoms with E-state index in [1.807, 2.05) is 28.9 Å². The third-order valence-corrected chi connectivity index (χ3v) is 3.86. The second kappa shape index (κ2) is 5.15. The van der Waals surface area contributed by atoms with Crippen LogP contribution >= 0.6 is 0 Å². The van der Waals surface area contributed by atoms with Crippen LogP contribution in [0.5, 0.6) is 0 Å². The SMILES string of the molecule is Cc1cc(-c2ccccc2)c2nn(-c3ccccc3)cc2c1. The summed E-state index contributed by atoms with van der Waals surface area (Å²) >= 11 is 0. The van der Waals surface area contributed by atoms with E-state index in [2.05, 4.69) is 61.7 Å². The highest BCUT2D eigenvalue weighted by Crippen LogP contribution is 2.29. The minimum absolute atomic E-state index is 1.04. The fourth-order valence-corrected chi connectivity index (χ4v) is 2.84. The summed E-state index contributed by atoms with van der Waals surface area (Å²) in [5, 5.41) is 5.99. The Kier molecular flexibility index (Phi) is 3.01. The van der Waals surface area contributed by atoms with Crippen molar-refractivity contribution in [2.24, 2.45) is 0 Å². The third-order valence-electron chi connectivity index (χ3n) is 3.86. The monoisotopic (exact) mass is 284 g/mol. The maximum atomic E-state index is 4.82. The van der Waals surface area contributed by atoms with Gasteiger partial charge in [0.25, 0.3) is 0 Å². The van der Waals surface area contributed by atoms with Crippen molar-refractivity contribution in [3.63, 3.8) is 0 Å². The summed E-state index contributed by atoms with van der Waals surface area (Å²) in [5.74, 6) is 0. The number of benzene rings is 3. The van der Waals surface area contributed by atoms with Gasteiger partial charge in [0.05, 0.1) is 5.69 Å². The van der Waals surface area contributed by atoms with Crippen LogP contribution in [0.25, 0.3) is 27.7 Å². The fourth-order valence-electron chi connectivity index (χ4n) is 2.84. The van der Waals surface area contributed by atoms with Crippen LogP contribution in [0.4, 0.5) is 0 Å². The quantitative estimate of drug-likeness (QED) is 0.506. The Morgan fingerprint density at radius 2 is 1.50 bits per heavy atom. The number of aromatic nitrogens is 2. The van der Waals surface area contributed by atoms with Crippen LogP contribution in [-0.4, -0.2) is 9.78 Å². The molecule has 0 N–H and O–H groups in total. The zero-order chi connectivity index (χ0) is 14.9. The second-order valence-corrected chi connectivity index (χ2v) is 5.53. The molecular weight excluding hydrogens is 268 g/mol. The molecule has 0 amide bonds. The van der Waals surface area contributed by atoms with Crippen molar-refractivity contribution >= 4 is 10.9 Å². The summed E-state index contributed by atoms with van der Waals surface area (Å²) < 4.78 is 1.95. The van der Waals surface area contributed by atoms with Crippen LogP contribution < -0.4 is 0 Å². The van der Waals surface area contributed by atoms with Crippen molar-refractivity contribution < 1.29 is 0 Å². The number of aryl methyl sites for hydroxylation is 1. The molecule has 3 aromatic carbocycles. The van der Waals surface area contributed by atoms with Crippen molar-refractivity contribution in [1.82, 2.24) is 9.78 Å². The van der Waals surface area contributed by atoms with E-state index in [1.165, 1.54) is 22.1 Å². The first-order valence-electron chi connectivity index (χ1n) is 7.42. The largest absolute Gasteiger partial charge is 0.240 e. The number of hydrogen-bond donors (Lipinski definition) is 0. The molecule has 0 unspecified atom stereocenters. The Balaban J connectivity index is 1.97. The van der Waals surface area contributed by atoms with Crippen LogP contribution in [0.3, 0.4) is 0 Å². The molecule has 106 valence electrons. The average Bonchev–Trinajstić information content (AvgIpc) is 2.99. The maximum Gasteiger partial charge on any atom is 0.101 e. The maximum absolute atomic E-state index is 4.82. The van der Waals surface area contributed by atoms with Gasteiger partial charge in [-0.05, 0) is 42.3 Å². The van der Waals surface area contributed by atoms with Gasteiger partial charge in [0, 0.05) is 17.1 Å². The zero-order valence-electron chi connectivity index (χ0n) is 12.4. The van der Waals surface area contributed by atoms with E-state index in [0.29, 0.717) is 0 Å². The van der Waals surface area contributed by atoms with Gasteiger partial charge in [-0.3, -0.25) is 0 Å². The van der Waals surface area contributed by atoms with Crippen LogP contribution in [0.15, 0.2) is 79.0 Å². The Bertz CT molecular complexity index is 922. The summed E-state index contributed by atoms with van der Waals surface area (Å²) in [7, 11) is 0. The summed E-state index contributed by atoms with van der Waals surface area (Å²) in [6, 6.07) is 25.1. The summed E-state index contributed by atoms with van der Waals surface area (Å²) in [4.78, 5) is 0. The summed E-state index contributed by atoms with van der Waals surface area (Å²) in [6.45, 7) is 2.13. The molecule has 2 nitrogen and oxygen atoms in total. The molecule has 0 aliphatic carbocycles. The minimum Gasteiger partial charge on any atom is -0.240 e. The minimum atomic E-state index is 1.04. The highest BCUT2D eigenvalue weighted by molar-refractivity contribution is 5.94. The first-order chi connectivity index (χ1) is 10.8. The predicted octanol–water partition coefficient (Wildman–Crippen LogP) is 5.00.